The molecule has 1 aromatic carbocycles. The van der Waals surface area contributed by atoms with Gasteiger partial charge in [-0.2, -0.15) is 0 Å². The lowest BCUT2D eigenvalue weighted by atomic mass is 9.85. The summed E-state index contributed by atoms with van der Waals surface area (Å²) in [4.78, 5) is 13.9. The first-order valence-corrected chi connectivity index (χ1v) is 8.49. The van der Waals surface area contributed by atoms with Crippen LogP contribution < -0.4 is 15.5 Å². The highest BCUT2D eigenvalue weighted by Crippen LogP contribution is 2.27. The third kappa shape index (κ3) is 5.75. The molecule has 0 aromatic heterocycles. The van der Waals surface area contributed by atoms with Gasteiger partial charge < -0.3 is 20.6 Å². The maximum absolute atomic E-state index is 11.8. The van der Waals surface area contributed by atoms with Gasteiger partial charge in [0, 0.05) is 32.9 Å². The topological polar surface area (TPSA) is 64.6 Å². The Morgan fingerprint density at radius 3 is 2.39 bits per heavy atom. The number of amides is 2. The third-order valence-electron chi connectivity index (χ3n) is 4.51. The summed E-state index contributed by atoms with van der Waals surface area (Å²) in [6.45, 7) is 0.932. The number of rotatable bonds is 6. The number of hydrogen-bond acceptors (Lipinski definition) is 3. The number of hydrogen-bond donors (Lipinski definition) is 3. The fraction of sp³-hybridized carbons (Fsp3) is 0.611. The predicted molar refractivity (Wildman–Crippen MR) is 93.9 cm³/mol. The van der Waals surface area contributed by atoms with Crippen molar-refractivity contribution in [3.63, 3.8) is 0 Å². The van der Waals surface area contributed by atoms with Crippen LogP contribution in [-0.4, -0.2) is 43.9 Å². The summed E-state index contributed by atoms with van der Waals surface area (Å²) < 4.78 is 0. The van der Waals surface area contributed by atoms with Gasteiger partial charge in [-0.25, -0.2) is 4.79 Å². The predicted octanol–water partition coefficient (Wildman–Crippen LogP) is 2.29. The number of carbonyl (C=O) groups excluding carboxylic acids is 1. The lowest BCUT2D eigenvalue weighted by molar-refractivity contribution is 0.00720. The number of carbonyl (C=O) groups is 1. The Balaban J connectivity index is 1.66. The minimum atomic E-state index is -0.711. The van der Waals surface area contributed by atoms with Crippen LogP contribution in [-0.2, 0) is 6.42 Å². The molecule has 3 N–H and O–H groups in total. The Hall–Kier alpha value is -1.75. The van der Waals surface area contributed by atoms with Gasteiger partial charge in [0.05, 0.1) is 5.60 Å². The molecular formula is C18H29N3O2. The molecule has 1 aliphatic carbocycles. The number of anilines is 1. The van der Waals surface area contributed by atoms with Crippen molar-refractivity contribution >= 4 is 11.7 Å². The molecule has 128 valence electrons. The molecule has 2 rings (SSSR count). The lowest BCUT2D eigenvalue weighted by Gasteiger charge is -2.32. The van der Waals surface area contributed by atoms with Crippen molar-refractivity contribution in [1.82, 2.24) is 10.6 Å². The first kappa shape index (κ1) is 17.6. The van der Waals surface area contributed by atoms with Crippen LogP contribution in [0.2, 0.25) is 0 Å². The molecule has 0 bridgehead atoms. The minimum absolute atomic E-state index is 0.200. The molecule has 23 heavy (non-hydrogen) atoms. The molecule has 2 amide bonds. The lowest BCUT2D eigenvalue weighted by Crippen LogP contribution is -2.47. The quantitative estimate of drug-likeness (QED) is 0.754. The van der Waals surface area contributed by atoms with Gasteiger partial charge >= 0.3 is 6.03 Å². The van der Waals surface area contributed by atoms with Gasteiger partial charge in [0.15, 0.2) is 0 Å². The number of benzene rings is 1. The second-order valence-electron chi connectivity index (χ2n) is 6.71. The molecule has 0 heterocycles. The van der Waals surface area contributed by atoms with Crippen molar-refractivity contribution in [3.8, 4) is 0 Å². The largest absolute Gasteiger partial charge is 0.388 e. The van der Waals surface area contributed by atoms with Crippen LogP contribution >= 0.6 is 0 Å². The second-order valence-corrected chi connectivity index (χ2v) is 6.71. The average Bonchev–Trinajstić information content (AvgIpc) is 2.54. The van der Waals surface area contributed by atoms with Crippen LogP contribution in [0, 0.1) is 0 Å². The van der Waals surface area contributed by atoms with Crippen molar-refractivity contribution < 1.29 is 9.90 Å². The highest BCUT2D eigenvalue weighted by molar-refractivity contribution is 5.73. The highest BCUT2D eigenvalue weighted by Gasteiger charge is 2.29. The van der Waals surface area contributed by atoms with Crippen LogP contribution in [0.4, 0.5) is 10.5 Å². The van der Waals surface area contributed by atoms with Gasteiger partial charge in [-0.15, -0.1) is 0 Å². The number of nitrogens with zero attached hydrogens (tertiary/aromatic N) is 1. The van der Waals surface area contributed by atoms with E-state index in [-0.39, 0.29) is 6.03 Å². The van der Waals surface area contributed by atoms with E-state index in [9.17, 15) is 9.90 Å². The van der Waals surface area contributed by atoms with Crippen molar-refractivity contribution in [2.75, 3.05) is 32.1 Å². The zero-order chi connectivity index (χ0) is 16.7. The molecule has 0 spiro atoms. The second kappa shape index (κ2) is 8.20. The van der Waals surface area contributed by atoms with E-state index in [1.54, 1.807) is 0 Å². The highest BCUT2D eigenvalue weighted by atomic mass is 16.3. The molecule has 1 saturated carbocycles. The Labute approximate surface area is 139 Å². The van der Waals surface area contributed by atoms with E-state index < -0.39 is 5.60 Å². The van der Waals surface area contributed by atoms with E-state index in [0.717, 1.165) is 32.1 Å². The van der Waals surface area contributed by atoms with Crippen molar-refractivity contribution in [2.45, 2.75) is 44.1 Å². The first-order chi connectivity index (χ1) is 11.0. The summed E-state index contributed by atoms with van der Waals surface area (Å²) in [6, 6.07) is 8.12. The van der Waals surface area contributed by atoms with Crippen LogP contribution in [0.25, 0.3) is 0 Å². The molecular weight excluding hydrogens is 290 g/mol. The molecule has 5 heteroatoms. The maximum Gasteiger partial charge on any atom is 0.314 e. The molecule has 0 unspecified atom stereocenters. The molecule has 1 fully saturated rings. The van der Waals surface area contributed by atoms with Gasteiger partial charge in [-0.05, 0) is 37.0 Å². The van der Waals surface area contributed by atoms with E-state index in [1.807, 2.05) is 14.1 Å². The van der Waals surface area contributed by atoms with E-state index in [4.69, 9.17) is 0 Å². The fourth-order valence-electron chi connectivity index (χ4n) is 2.98. The first-order valence-electron chi connectivity index (χ1n) is 8.49. The fourth-order valence-corrected chi connectivity index (χ4v) is 2.98. The van der Waals surface area contributed by atoms with Crippen LogP contribution in [0.3, 0.4) is 0 Å². The molecule has 1 aliphatic rings. The Morgan fingerprint density at radius 1 is 1.13 bits per heavy atom. The molecule has 0 radical (unpaired) electrons. The third-order valence-corrected chi connectivity index (χ3v) is 4.51. The Kier molecular flexibility index (Phi) is 6.28. The summed E-state index contributed by atoms with van der Waals surface area (Å²) in [7, 11) is 4.03. The van der Waals surface area contributed by atoms with Crippen molar-refractivity contribution in [2.24, 2.45) is 0 Å². The zero-order valence-electron chi connectivity index (χ0n) is 14.3. The van der Waals surface area contributed by atoms with E-state index in [2.05, 4.69) is 39.8 Å². The maximum atomic E-state index is 11.8. The molecule has 0 saturated heterocycles. The van der Waals surface area contributed by atoms with Crippen molar-refractivity contribution in [1.29, 1.82) is 0 Å². The summed E-state index contributed by atoms with van der Waals surface area (Å²) in [5.74, 6) is 0. The molecule has 1 aromatic rings. The van der Waals surface area contributed by atoms with Crippen LogP contribution in [0.1, 0.15) is 37.7 Å². The van der Waals surface area contributed by atoms with E-state index in [1.165, 1.54) is 17.7 Å². The van der Waals surface area contributed by atoms with E-state index in [0.29, 0.717) is 13.1 Å². The van der Waals surface area contributed by atoms with Gasteiger partial charge in [-0.1, -0.05) is 31.4 Å². The van der Waals surface area contributed by atoms with Gasteiger partial charge in [0.25, 0.3) is 0 Å². The summed E-state index contributed by atoms with van der Waals surface area (Å²) >= 11 is 0. The van der Waals surface area contributed by atoms with Crippen LogP contribution in [0.15, 0.2) is 24.3 Å². The Morgan fingerprint density at radius 2 is 1.78 bits per heavy atom. The molecule has 5 nitrogen and oxygen atoms in total. The summed E-state index contributed by atoms with van der Waals surface area (Å²) in [5, 5.41) is 16.0. The van der Waals surface area contributed by atoms with Crippen molar-refractivity contribution in [3.05, 3.63) is 29.8 Å². The van der Waals surface area contributed by atoms with E-state index >= 15 is 0 Å². The summed E-state index contributed by atoms with van der Waals surface area (Å²) in [6.07, 6.45) is 5.63. The Bertz CT molecular complexity index is 493. The van der Waals surface area contributed by atoms with Gasteiger partial charge in [0.1, 0.15) is 0 Å². The summed E-state index contributed by atoms with van der Waals surface area (Å²) in [5.41, 5.74) is 1.65. The zero-order valence-corrected chi connectivity index (χ0v) is 14.3. The molecule has 0 aliphatic heterocycles. The minimum Gasteiger partial charge on any atom is -0.388 e. The molecule has 0 atom stereocenters. The average molecular weight is 319 g/mol. The number of urea groups is 1. The normalized spacial score (nSPS) is 16.7. The standard InChI is InChI=1S/C18H29N3O2/c1-21(2)16-8-6-15(7-9-16)10-13-19-17(22)20-14-18(23)11-4-3-5-12-18/h6-9,23H,3-5,10-14H2,1-2H3,(H2,19,20,22). The number of aliphatic hydroxyl groups is 1. The van der Waals surface area contributed by atoms with Gasteiger partial charge in [0.2, 0.25) is 0 Å². The SMILES string of the molecule is CN(C)c1ccc(CCNC(=O)NCC2(O)CCCCC2)cc1. The monoisotopic (exact) mass is 319 g/mol. The van der Waals surface area contributed by atoms with Crippen LogP contribution in [0.5, 0.6) is 0 Å². The number of nitrogens with one attached hydrogen (secondary N) is 2. The van der Waals surface area contributed by atoms with Gasteiger partial charge in [-0.3, -0.25) is 0 Å². The smallest absolute Gasteiger partial charge is 0.314 e.